The molecule has 5 aromatic carbocycles. The van der Waals surface area contributed by atoms with Gasteiger partial charge < -0.3 is 0 Å². The Morgan fingerprint density at radius 1 is 0.531 bits per heavy atom. The van der Waals surface area contributed by atoms with Crippen molar-refractivity contribution >= 4 is 63.8 Å². The lowest BCUT2D eigenvalue weighted by Gasteiger charge is -2.11. The predicted octanol–water partition coefficient (Wildman–Crippen LogP) is 8.50. The molecule has 2 aromatic heterocycles. The quantitative estimate of drug-likeness (QED) is 0.253. The molecule has 0 N–H and O–H groups in total. The molecule has 32 heavy (non-hydrogen) atoms. The third-order valence-corrected chi connectivity index (χ3v) is 7.80. The fourth-order valence-electron chi connectivity index (χ4n) is 5.08. The Morgan fingerprint density at radius 2 is 1.12 bits per heavy atom. The Kier molecular flexibility index (Phi) is 3.84. The largest absolute Gasteiger partial charge is 0.260 e. The van der Waals surface area contributed by atoms with Crippen LogP contribution in [0.15, 0.2) is 103 Å². The standard InChI is InChI=1S/C30H19NS/c1-3-11-23-21(9-1)22-10-2-4-12-24(22)28-18-31-20(17-27(23)28)16-19-8-7-14-26-25-13-5-6-15-29(25)32-30(19)26/h1-15,17-18H,16H2. The minimum atomic E-state index is 0.835. The molecule has 7 aromatic rings. The zero-order valence-corrected chi connectivity index (χ0v) is 18.2. The molecule has 0 fully saturated rings. The summed E-state index contributed by atoms with van der Waals surface area (Å²) in [7, 11) is 0. The summed E-state index contributed by atoms with van der Waals surface area (Å²) in [6.45, 7) is 0. The van der Waals surface area contributed by atoms with Gasteiger partial charge in [-0.1, -0.05) is 84.9 Å². The average Bonchev–Trinajstić information content (AvgIpc) is 3.24. The van der Waals surface area contributed by atoms with Gasteiger partial charge in [-0.3, -0.25) is 4.98 Å². The van der Waals surface area contributed by atoms with Crippen LogP contribution in [0.25, 0.3) is 52.5 Å². The highest BCUT2D eigenvalue weighted by atomic mass is 32.1. The second-order valence-corrected chi connectivity index (χ2v) is 9.43. The number of hydrogen-bond donors (Lipinski definition) is 0. The minimum absolute atomic E-state index is 0.835. The van der Waals surface area contributed by atoms with Crippen molar-refractivity contribution in [2.24, 2.45) is 0 Å². The van der Waals surface area contributed by atoms with Gasteiger partial charge in [-0.15, -0.1) is 11.3 Å². The van der Waals surface area contributed by atoms with E-state index in [0.29, 0.717) is 0 Å². The van der Waals surface area contributed by atoms with Crippen molar-refractivity contribution in [3.63, 3.8) is 0 Å². The Hall–Kier alpha value is -3.75. The summed E-state index contributed by atoms with van der Waals surface area (Å²) < 4.78 is 2.72. The molecular formula is C30H19NS. The number of fused-ring (bicyclic) bond motifs is 9. The zero-order chi connectivity index (χ0) is 21.1. The van der Waals surface area contributed by atoms with Crippen LogP contribution in [0.5, 0.6) is 0 Å². The van der Waals surface area contributed by atoms with Crippen LogP contribution >= 0.6 is 11.3 Å². The Balaban J connectivity index is 1.45. The first-order chi connectivity index (χ1) is 15.9. The third-order valence-electron chi connectivity index (χ3n) is 6.54. The van der Waals surface area contributed by atoms with Crippen LogP contribution in [-0.2, 0) is 6.42 Å². The van der Waals surface area contributed by atoms with Crippen LogP contribution in [0.3, 0.4) is 0 Å². The van der Waals surface area contributed by atoms with Gasteiger partial charge in [0.2, 0.25) is 0 Å². The number of nitrogens with zero attached hydrogens (tertiary/aromatic N) is 1. The SMILES string of the molecule is c1ccc2c(c1)sc1c(Cc3cc4c5ccccc5c5ccccc5c4cn3)cccc12. The molecule has 7 rings (SSSR count). The van der Waals surface area contributed by atoms with Crippen LogP contribution in [0.4, 0.5) is 0 Å². The summed E-state index contributed by atoms with van der Waals surface area (Å²) in [6, 6.07) is 35.1. The van der Waals surface area contributed by atoms with Gasteiger partial charge in [0.15, 0.2) is 0 Å². The summed E-state index contributed by atoms with van der Waals surface area (Å²) in [6.07, 6.45) is 2.91. The summed E-state index contributed by atoms with van der Waals surface area (Å²) in [5.74, 6) is 0. The van der Waals surface area contributed by atoms with Gasteiger partial charge >= 0.3 is 0 Å². The molecule has 0 amide bonds. The molecule has 0 bridgehead atoms. The van der Waals surface area contributed by atoms with Gasteiger partial charge in [-0.2, -0.15) is 0 Å². The van der Waals surface area contributed by atoms with Crippen LogP contribution in [0, 0.1) is 0 Å². The van der Waals surface area contributed by atoms with Crippen molar-refractivity contribution in [2.75, 3.05) is 0 Å². The van der Waals surface area contributed by atoms with Crippen molar-refractivity contribution in [2.45, 2.75) is 6.42 Å². The summed E-state index contributed by atoms with van der Waals surface area (Å²) >= 11 is 1.89. The molecule has 0 aliphatic carbocycles. The smallest absolute Gasteiger partial charge is 0.0454 e. The first-order valence-corrected chi connectivity index (χ1v) is 11.8. The fourth-order valence-corrected chi connectivity index (χ4v) is 6.29. The van der Waals surface area contributed by atoms with E-state index in [4.69, 9.17) is 4.98 Å². The first kappa shape index (κ1) is 17.9. The Morgan fingerprint density at radius 3 is 1.88 bits per heavy atom. The van der Waals surface area contributed by atoms with Crippen LogP contribution < -0.4 is 0 Å². The second-order valence-electron chi connectivity index (χ2n) is 8.38. The maximum absolute atomic E-state index is 4.92. The molecule has 0 saturated carbocycles. The summed E-state index contributed by atoms with van der Waals surface area (Å²) in [5.41, 5.74) is 2.46. The van der Waals surface area contributed by atoms with Crippen molar-refractivity contribution < 1.29 is 0 Å². The highest BCUT2D eigenvalue weighted by molar-refractivity contribution is 7.26. The first-order valence-electron chi connectivity index (χ1n) is 10.9. The molecule has 0 saturated heterocycles. The van der Waals surface area contributed by atoms with E-state index >= 15 is 0 Å². The number of rotatable bonds is 2. The normalized spacial score (nSPS) is 11.9. The molecule has 150 valence electrons. The van der Waals surface area contributed by atoms with Crippen LogP contribution in [0.2, 0.25) is 0 Å². The van der Waals surface area contributed by atoms with E-state index in [2.05, 4.69) is 103 Å². The molecule has 0 atom stereocenters. The topological polar surface area (TPSA) is 12.9 Å². The van der Waals surface area contributed by atoms with Gasteiger partial charge in [0, 0.05) is 43.9 Å². The molecule has 0 aliphatic rings. The maximum atomic E-state index is 4.92. The van der Waals surface area contributed by atoms with E-state index in [9.17, 15) is 0 Å². The van der Waals surface area contributed by atoms with E-state index in [1.54, 1.807) is 0 Å². The molecule has 2 heteroatoms. The summed E-state index contributed by atoms with van der Waals surface area (Å²) in [4.78, 5) is 4.92. The number of benzene rings is 5. The van der Waals surface area contributed by atoms with E-state index in [1.807, 2.05) is 11.3 Å². The number of pyridine rings is 1. The lowest BCUT2D eigenvalue weighted by molar-refractivity contribution is 1.10. The lowest BCUT2D eigenvalue weighted by Crippen LogP contribution is -1.93. The second kappa shape index (κ2) is 6.88. The summed E-state index contributed by atoms with van der Waals surface area (Å²) in [5, 5.41) is 10.4. The number of thiophene rings is 1. The Labute approximate surface area is 189 Å². The van der Waals surface area contributed by atoms with E-state index in [1.165, 1.54) is 58.1 Å². The third kappa shape index (κ3) is 2.60. The molecule has 0 unspecified atom stereocenters. The molecule has 0 radical (unpaired) electrons. The maximum Gasteiger partial charge on any atom is 0.0454 e. The lowest BCUT2D eigenvalue weighted by atomic mass is 9.94. The number of aromatic nitrogens is 1. The fraction of sp³-hybridized carbons (Fsp3) is 0.0333. The predicted molar refractivity (Wildman–Crippen MR) is 139 cm³/mol. The van der Waals surface area contributed by atoms with Gasteiger partial charge in [0.25, 0.3) is 0 Å². The zero-order valence-electron chi connectivity index (χ0n) is 17.4. The van der Waals surface area contributed by atoms with Crippen LogP contribution in [-0.4, -0.2) is 4.98 Å². The highest BCUT2D eigenvalue weighted by Crippen LogP contribution is 2.38. The van der Waals surface area contributed by atoms with Crippen molar-refractivity contribution in [1.29, 1.82) is 0 Å². The molecule has 2 heterocycles. The van der Waals surface area contributed by atoms with Crippen LogP contribution in [0.1, 0.15) is 11.3 Å². The molecule has 0 aliphatic heterocycles. The average molecular weight is 426 g/mol. The van der Waals surface area contributed by atoms with E-state index < -0.39 is 0 Å². The number of hydrogen-bond acceptors (Lipinski definition) is 2. The monoisotopic (exact) mass is 425 g/mol. The molecule has 1 nitrogen and oxygen atoms in total. The van der Waals surface area contributed by atoms with Gasteiger partial charge in [0.05, 0.1) is 0 Å². The highest BCUT2D eigenvalue weighted by Gasteiger charge is 2.12. The van der Waals surface area contributed by atoms with Crippen molar-refractivity contribution in [3.05, 3.63) is 115 Å². The van der Waals surface area contributed by atoms with Gasteiger partial charge in [-0.25, -0.2) is 0 Å². The molecular weight excluding hydrogens is 406 g/mol. The Bertz CT molecular complexity index is 1770. The van der Waals surface area contributed by atoms with Gasteiger partial charge in [-0.05, 0) is 44.6 Å². The van der Waals surface area contributed by atoms with E-state index in [-0.39, 0.29) is 0 Å². The minimum Gasteiger partial charge on any atom is -0.260 e. The van der Waals surface area contributed by atoms with E-state index in [0.717, 1.165) is 12.1 Å². The van der Waals surface area contributed by atoms with Crippen molar-refractivity contribution in [3.8, 4) is 0 Å². The van der Waals surface area contributed by atoms with Gasteiger partial charge in [0.1, 0.15) is 0 Å². The molecule has 0 spiro atoms. The van der Waals surface area contributed by atoms with Crippen molar-refractivity contribution in [1.82, 2.24) is 4.98 Å².